The molecule has 1 aliphatic carbocycles. The van der Waals surface area contributed by atoms with Crippen molar-refractivity contribution in [3.8, 4) is 56.2 Å². The summed E-state index contributed by atoms with van der Waals surface area (Å²) in [6, 6.07) is 63.1. The molecule has 10 rings (SSSR count). The summed E-state index contributed by atoms with van der Waals surface area (Å²) < 4.78 is 0. The summed E-state index contributed by atoms with van der Waals surface area (Å²) >= 11 is 0. The highest BCUT2D eigenvalue weighted by Gasteiger charge is 2.17. The Hall–Kier alpha value is -6.90. The number of allylic oxidation sites excluding steroid dienone is 4. The average Bonchev–Trinajstić information content (AvgIpc) is 3.27. The zero-order valence-electron chi connectivity index (χ0n) is 29.8. The molecule has 0 bridgehead atoms. The topological polar surface area (TPSA) is 25.8 Å². The van der Waals surface area contributed by atoms with Gasteiger partial charge in [0.05, 0.1) is 11.4 Å². The first-order chi connectivity index (χ1) is 26.8. The molecule has 0 saturated heterocycles. The van der Waals surface area contributed by atoms with Crippen LogP contribution in [0.5, 0.6) is 0 Å². The van der Waals surface area contributed by atoms with E-state index in [-0.39, 0.29) is 0 Å². The minimum Gasteiger partial charge on any atom is -0.228 e. The normalized spacial score (nSPS) is 12.7. The van der Waals surface area contributed by atoms with Gasteiger partial charge in [-0.05, 0) is 103 Å². The van der Waals surface area contributed by atoms with Gasteiger partial charge in [-0.1, -0.05) is 170 Å². The Morgan fingerprint density at radius 2 is 0.907 bits per heavy atom. The standard InChI is InChI=1S/C52H36N2/c1-3-15-35(16-4-1)37-19-13-21-40(31-37)50-34-51(54-52(53-50)41-22-14-20-38(32-41)36-17-5-2-6-18-36)48-28-12-7-23-42(48)39-29-30-47-45-26-9-8-24-43(45)44-25-10-11-27-46(44)49(47)33-39/h2-3,5-34H,1,4H2. The van der Waals surface area contributed by atoms with Crippen LogP contribution in [0.4, 0.5) is 0 Å². The van der Waals surface area contributed by atoms with Crippen molar-refractivity contribution < 1.29 is 0 Å². The highest BCUT2D eigenvalue weighted by molar-refractivity contribution is 6.25. The third-order valence-corrected chi connectivity index (χ3v) is 10.7. The van der Waals surface area contributed by atoms with E-state index < -0.39 is 0 Å². The van der Waals surface area contributed by atoms with Crippen LogP contribution in [0, 0.1) is 0 Å². The second kappa shape index (κ2) is 13.6. The number of rotatable bonds is 6. The van der Waals surface area contributed by atoms with Crippen molar-refractivity contribution in [3.63, 3.8) is 0 Å². The van der Waals surface area contributed by atoms with Gasteiger partial charge in [-0.25, -0.2) is 9.97 Å². The maximum absolute atomic E-state index is 5.35. The Morgan fingerprint density at radius 1 is 0.333 bits per heavy atom. The maximum Gasteiger partial charge on any atom is 0.160 e. The van der Waals surface area contributed by atoms with Gasteiger partial charge in [0.15, 0.2) is 5.82 Å². The Labute approximate surface area is 315 Å². The van der Waals surface area contributed by atoms with Gasteiger partial charge in [0.1, 0.15) is 0 Å². The first kappa shape index (κ1) is 31.8. The average molecular weight is 689 g/mol. The van der Waals surface area contributed by atoms with E-state index in [4.69, 9.17) is 9.97 Å². The third kappa shape index (κ3) is 5.79. The zero-order chi connectivity index (χ0) is 35.8. The molecule has 2 heteroatoms. The van der Waals surface area contributed by atoms with E-state index >= 15 is 0 Å². The minimum atomic E-state index is 0.702. The predicted octanol–water partition coefficient (Wildman–Crippen LogP) is 14.0. The minimum absolute atomic E-state index is 0.702. The van der Waals surface area contributed by atoms with E-state index in [0.717, 1.165) is 57.6 Å². The Kier molecular flexibility index (Phi) is 8.00. The molecule has 0 fully saturated rings. The van der Waals surface area contributed by atoms with E-state index in [0.29, 0.717) is 5.82 Å². The van der Waals surface area contributed by atoms with Gasteiger partial charge in [-0.15, -0.1) is 0 Å². The number of benzene rings is 8. The summed E-state index contributed by atoms with van der Waals surface area (Å²) in [6.45, 7) is 0. The first-order valence-electron chi connectivity index (χ1n) is 18.7. The number of hydrogen-bond donors (Lipinski definition) is 0. The second-order valence-corrected chi connectivity index (χ2v) is 14.0. The largest absolute Gasteiger partial charge is 0.228 e. The molecule has 0 aliphatic heterocycles. The highest BCUT2D eigenvalue weighted by Crippen LogP contribution is 2.40. The van der Waals surface area contributed by atoms with Crippen LogP contribution in [0.1, 0.15) is 18.4 Å². The molecule has 254 valence electrons. The Morgan fingerprint density at radius 3 is 1.65 bits per heavy atom. The van der Waals surface area contributed by atoms with Crippen LogP contribution in [-0.2, 0) is 0 Å². The molecule has 8 aromatic carbocycles. The molecule has 1 heterocycles. The van der Waals surface area contributed by atoms with Crippen molar-refractivity contribution in [1.82, 2.24) is 9.97 Å². The molecular formula is C52H36N2. The quantitative estimate of drug-likeness (QED) is 0.163. The lowest BCUT2D eigenvalue weighted by atomic mass is 9.90. The van der Waals surface area contributed by atoms with Gasteiger partial charge in [-0.2, -0.15) is 0 Å². The van der Waals surface area contributed by atoms with Crippen LogP contribution < -0.4 is 0 Å². The van der Waals surface area contributed by atoms with Crippen molar-refractivity contribution in [3.05, 3.63) is 200 Å². The highest BCUT2D eigenvalue weighted by atomic mass is 14.9. The van der Waals surface area contributed by atoms with Crippen LogP contribution in [0.15, 0.2) is 194 Å². The fraction of sp³-hybridized carbons (Fsp3) is 0.0385. The second-order valence-electron chi connectivity index (χ2n) is 14.0. The van der Waals surface area contributed by atoms with E-state index in [1.54, 1.807) is 0 Å². The molecule has 54 heavy (non-hydrogen) atoms. The van der Waals surface area contributed by atoms with E-state index in [9.17, 15) is 0 Å². The maximum atomic E-state index is 5.35. The van der Waals surface area contributed by atoms with E-state index in [1.807, 2.05) is 0 Å². The molecule has 0 spiro atoms. The molecule has 0 saturated carbocycles. The van der Waals surface area contributed by atoms with Crippen LogP contribution in [-0.4, -0.2) is 9.97 Å². The molecule has 1 aromatic heterocycles. The van der Waals surface area contributed by atoms with Crippen LogP contribution in [0.25, 0.3) is 94.0 Å². The summed E-state index contributed by atoms with van der Waals surface area (Å²) in [5.41, 5.74) is 12.0. The monoisotopic (exact) mass is 688 g/mol. The zero-order valence-corrected chi connectivity index (χ0v) is 29.8. The Balaban J connectivity index is 1.17. The summed E-state index contributed by atoms with van der Waals surface area (Å²) in [5.74, 6) is 0.702. The van der Waals surface area contributed by atoms with E-state index in [2.05, 4.69) is 194 Å². The third-order valence-electron chi connectivity index (χ3n) is 10.7. The van der Waals surface area contributed by atoms with Gasteiger partial charge in [0.2, 0.25) is 0 Å². The van der Waals surface area contributed by atoms with Crippen molar-refractivity contribution >= 4 is 37.9 Å². The summed E-state index contributed by atoms with van der Waals surface area (Å²) in [7, 11) is 0. The molecule has 0 atom stereocenters. The lowest BCUT2D eigenvalue weighted by molar-refractivity contribution is 1.04. The molecule has 0 N–H and O–H groups in total. The van der Waals surface area contributed by atoms with Gasteiger partial charge in [0, 0.05) is 16.7 Å². The fourth-order valence-corrected chi connectivity index (χ4v) is 8.05. The first-order valence-corrected chi connectivity index (χ1v) is 18.7. The molecule has 2 nitrogen and oxygen atoms in total. The van der Waals surface area contributed by atoms with Gasteiger partial charge >= 0.3 is 0 Å². The predicted molar refractivity (Wildman–Crippen MR) is 228 cm³/mol. The van der Waals surface area contributed by atoms with E-state index in [1.165, 1.54) is 49.0 Å². The summed E-state index contributed by atoms with van der Waals surface area (Å²) in [5, 5.41) is 7.61. The lowest BCUT2D eigenvalue weighted by Crippen LogP contribution is -1.98. The number of fused-ring (bicyclic) bond motifs is 6. The summed E-state index contributed by atoms with van der Waals surface area (Å²) in [6.07, 6.45) is 8.98. The smallest absolute Gasteiger partial charge is 0.160 e. The van der Waals surface area contributed by atoms with Gasteiger partial charge in [-0.3, -0.25) is 0 Å². The molecule has 1 aliphatic rings. The number of aromatic nitrogens is 2. The van der Waals surface area contributed by atoms with Gasteiger partial charge < -0.3 is 0 Å². The van der Waals surface area contributed by atoms with Crippen molar-refractivity contribution in [1.29, 1.82) is 0 Å². The SMILES string of the molecule is C1=CC(c2cccc(-c3cc(-c4ccccc4-c4ccc5c6ccccc6c6ccccc6c5c4)nc(-c4cccc(-c5ccccc5)c4)n3)c2)=CCC1. The van der Waals surface area contributed by atoms with Crippen molar-refractivity contribution in [2.75, 3.05) is 0 Å². The van der Waals surface area contributed by atoms with Crippen molar-refractivity contribution in [2.45, 2.75) is 12.8 Å². The number of nitrogens with zero attached hydrogens (tertiary/aromatic N) is 2. The number of hydrogen-bond acceptors (Lipinski definition) is 2. The molecule has 0 amide bonds. The lowest BCUT2D eigenvalue weighted by Gasteiger charge is -2.15. The summed E-state index contributed by atoms with van der Waals surface area (Å²) in [4.78, 5) is 10.6. The van der Waals surface area contributed by atoms with Crippen molar-refractivity contribution in [2.24, 2.45) is 0 Å². The molecular weight excluding hydrogens is 653 g/mol. The molecule has 9 aromatic rings. The molecule has 0 radical (unpaired) electrons. The van der Waals surface area contributed by atoms with Crippen LogP contribution >= 0.6 is 0 Å². The van der Waals surface area contributed by atoms with Gasteiger partial charge in [0.25, 0.3) is 0 Å². The van der Waals surface area contributed by atoms with Crippen LogP contribution in [0.2, 0.25) is 0 Å². The fourth-order valence-electron chi connectivity index (χ4n) is 8.05. The molecule has 0 unspecified atom stereocenters. The van der Waals surface area contributed by atoms with Crippen LogP contribution in [0.3, 0.4) is 0 Å². The Bertz CT molecular complexity index is 2900.